The minimum atomic E-state index is -0.947. The van der Waals surface area contributed by atoms with Gasteiger partial charge in [0.15, 0.2) is 5.96 Å². The number of carbonyl (C=O) groups is 1. The van der Waals surface area contributed by atoms with Crippen LogP contribution in [0.3, 0.4) is 0 Å². The van der Waals surface area contributed by atoms with Crippen molar-refractivity contribution >= 4 is 18.3 Å². The van der Waals surface area contributed by atoms with Crippen molar-refractivity contribution in [2.24, 2.45) is 27.2 Å². The number of aliphatic imine (C=N–C) groups is 2. The lowest BCUT2D eigenvalue weighted by molar-refractivity contribution is 0.167. The summed E-state index contributed by atoms with van der Waals surface area (Å²) in [6.07, 6.45) is 5.37. The Labute approximate surface area is 112 Å². The van der Waals surface area contributed by atoms with Crippen LogP contribution in [0.25, 0.3) is 0 Å². The molecule has 0 aliphatic carbocycles. The number of hydrogen-bond donors (Lipinski definition) is 4. The van der Waals surface area contributed by atoms with E-state index in [1.54, 1.807) is 0 Å². The van der Waals surface area contributed by atoms with Gasteiger partial charge < -0.3 is 22.3 Å². The fourth-order valence-corrected chi connectivity index (χ4v) is 1.14. The normalized spacial score (nSPS) is 14.3. The molecule has 1 aliphatic rings. The molecular formula is C11H22N6O2. The molecule has 1 atom stereocenters. The van der Waals surface area contributed by atoms with Gasteiger partial charge in [-0.2, -0.15) is 0 Å². The van der Waals surface area contributed by atoms with Gasteiger partial charge in [-0.3, -0.25) is 14.9 Å². The van der Waals surface area contributed by atoms with Crippen LogP contribution in [-0.2, 0) is 0 Å². The quantitative estimate of drug-likeness (QED) is 0.320. The van der Waals surface area contributed by atoms with Crippen LogP contribution in [0, 0.1) is 0 Å². The zero-order valence-electron chi connectivity index (χ0n) is 11.1. The van der Waals surface area contributed by atoms with Crippen molar-refractivity contribution < 1.29 is 9.90 Å². The van der Waals surface area contributed by atoms with E-state index in [0.717, 1.165) is 17.7 Å². The second kappa shape index (κ2) is 9.89. The third kappa shape index (κ3) is 10.8. The molecule has 1 amide bonds. The highest BCUT2D eigenvalue weighted by Crippen LogP contribution is 1.94. The molecule has 0 spiro atoms. The zero-order chi connectivity index (χ0) is 14.7. The molecule has 8 heteroatoms. The predicted octanol–water partition coefficient (Wildman–Crippen LogP) is -0.0908. The van der Waals surface area contributed by atoms with E-state index in [-0.39, 0.29) is 12.0 Å². The molecule has 0 aromatic heterocycles. The highest BCUT2D eigenvalue weighted by Gasteiger charge is 2.06. The number of hydrogen-bond acceptors (Lipinski definition) is 4. The highest BCUT2D eigenvalue weighted by molar-refractivity contribution is 5.75. The molecule has 0 saturated carbocycles. The summed E-state index contributed by atoms with van der Waals surface area (Å²) in [4.78, 5) is 18.8. The van der Waals surface area contributed by atoms with Gasteiger partial charge in [-0.1, -0.05) is 0 Å². The standard InChI is InChI=1S/C6H16N4.C5H6N2O2/c1-5(7)3-2-4-10-6(8)9;8-5(9)7-3-1-6-2-4-7/h5H,2-4,7H2,1H3,(H4,8,9,10);1-3H,4H2,(H,8,9)/t5-;/m0./s1. The predicted molar refractivity (Wildman–Crippen MR) is 75.9 cm³/mol. The Morgan fingerprint density at radius 3 is 2.63 bits per heavy atom. The molecule has 0 aromatic rings. The second-order valence-electron chi connectivity index (χ2n) is 3.99. The SMILES string of the molecule is C[C@H](N)CCCN=C(N)N.O=C(O)N1C=CN=CC1. The molecule has 1 aliphatic heterocycles. The summed E-state index contributed by atoms with van der Waals surface area (Å²) in [5.74, 6) is 0.157. The lowest BCUT2D eigenvalue weighted by Gasteiger charge is -2.11. The first-order chi connectivity index (χ1) is 8.93. The van der Waals surface area contributed by atoms with Crippen molar-refractivity contribution in [3.63, 3.8) is 0 Å². The van der Waals surface area contributed by atoms with Gasteiger partial charge in [-0.25, -0.2) is 4.79 Å². The largest absolute Gasteiger partial charge is 0.465 e. The Morgan fingerprint density at radius 2 is 2.26 bits per heavy atom. The third-order valence-electron chi connectivity index (χ3n) is 2.07. The van der Waals surface area contributed by atoms with Gasteiger partial charge in [0.1, 0.15) is 0 Å². The van der Waals surface area contributed by atoms with Crippen molar-refractivity contribution in [3.8, 4) is 0 Å². The van der Waals surface area contributed by atoms with Gasteiger partial charge in [0.2, 0.25) is 0 Å². The molecule has 1 heterocycles. The van der Waals surface area contributed by atoms with Crippen molar-refractivity contribution in [3.05, 3.63) is 12.4 Å². The number of rotatable bonds is 4. The van der Waals surface area contributed by atoms with Gasteiger partial charge >= 0.3 is 6.09 Å². The minimum absolute atomic E-state index is 0.157. The van der Waals surface area contributed by atoms with Crippen LogP contribution in [0.2, 0.25) is 0 Å². The van der Waals surface area contributed by atoms with Crippen LogP contribution in [0.4, 0.5) is 4.79 Å². The summed E-state index contributed by atoms with van der Waals surface area (Å²) in [6, 6.07) is 0.245. The molecule has 0 unspecified atom stereocenters. The molecule has 19 heavy (non-hydrogen) atoms. The summed E-state index contributed by atoms with van der Waals surface area (Å²) < 4.78 is 0. The molecule has 0 fully saturated rings. The van der Waals surface area contributed by atoms with E-state index in [4.69, 9.17) is 22.3 Å². The van der Waals surface area contributed by atoms with E-state index in [1.807, 2.05) is 6.92 Å². The maximum atomic E-state index is 10.2. The van der Waals surface area contributed by atoms with E-state index < -0.39 is 6.09 Å². The summed E-state index contributed by atoms with van der Waals surface area (Å²) >= 11 is 0. The van der Waals surface area contributed by atoms with Gasteiger partial charge in [-0.05, 0) is 19.8 Å². The first kappa shape index (κ1) is 16.9. The second-order valence-corrected chi connectivity index (χ2v) is 3.99. The molecule has 0 radical (unpaired) electrons. The van der Waals surface area contributed by atoms with E-state index in [0.29, 0.717) is 13.1 Å². The zero-order valence-corrected chi connectivity index (χ0v) is 11.1. The lowest BCUT2D eigenvalue weighted by Crippen LogP contribution is -2.26. The van der Waals surface area contributed by atoms with Crippen molar-refractivity contribution in [2.45, 2.75) is 25.8 Å². The third-order valence-corrected chi connectivity index (χ3v) is 2.07. The topological polar surface area (TPSA) is 143 Å². The Bertz CT molecular complexity index is 347. The molecular weight excluding hydrogens is 248 g/mol. The number of guanidine groups is 1. The summed E-state index contributed by atoms with van der Waals surface area (Å²) in [6.45, 7) is 3.01. The first-order valence-corrected chi connectivity index (χ1v) is 5.92. The molecule has 1 rings (SSSR count). The van der Waals surface area contributed by atoms with Gasteiger partial charge in [0.05, 0.1) is 6.54 Å². The molecule has 108 valence electrons. The highest BCUT2D eigenvalue weighted by atomic mass is 16.4. The lowest BCUT2D eigenvalue weighted by atomic mass is 10.2. The smallest absolute Gasteiger partial charge is 0.411 e. The Hall–Kier alpha value is -2.09. The Morgan fingerprint density at radius 1 is 1.58 bits per heavy atom. The average Bonchev–Trinajstić information content (AvgIpc) is 2.36. The van der Waals surface area contributed by atoms with E-state index in [2.05, 4.69) is 9.98 Å². The minimum Gasteiger partial charge on any atom is -0.465 e. The van der Waals surface area contributed by atoms with Gasteiger partial charge in [0.25, 0.3) is 0 Å². The molecule has 0 bridgehead atoms. The fourth-order valence-electron chi connectivity index (χ4n) is 1.14. The Kier molecular flexibility index (Phi) is 8.80. The van der Waals surface area contributed by atoms with Gasteiger partial charge in [-0.15, -0.1) is 0 Å². The number of carboxylic acid groups (broad SMARTS) is 1. The fraction of sp³-hybridized carbons (Fsp3) is 0.545. The van der Waals surface area contributed by atoms with Crippen LogP contribution in [0.5, 0.6) is 0 Å². The van der Waals surface area contributed by atoms with Crippen LogP contribution < -0.4 is 17.2 Å². The number of nitrogens with zero attached hydrogens (tertiary/aromatic N) is 3. The van der Waals surface area contributed by atoms with E-state index in [1.165, 1.54) is 18.6 Å². The first-order valence-electron chi connectivity index (χ1n) is 5.92. The van der Waals surface area contributed by atoms with Crippen LogP contribution in [0.1, 0.15) is 19.8 Å². The van der Waals surface area contributed by atoms with E-state index >= 15 is 0 Å². The summed E-state index contributed by atoms with van der Waals surface area (Å²) in [7, 11) is 0. The molecule has 0 aromatic carbocycles. The molecule has 8 nitrogen and oxygen atoms in total. The van der Waals surface area contributed by atoms with Crippen molar-refractivity contribution in [1.29, 1.82) is 0 Å². The summed E-state index contributed by atoms with van der Waals surface area (Å²) in [5.41, 5.74) is 15.7. The van der Waals surface area contributed by atoms with Crippen molar-refractivity contribution in [2.75, 3.05) is 13.1 Å². The number of nitrogens with two attached hydrogens (primary N) is 3. The maximum absolute atomic E-state index is 10.2. The molecule has 0 saturated heterocycles. The monoisotopic (exact) mass is 270 g/mol. The van der Waals surface area contributed by atoms with Crippen LogP contribution in [0.15, 0.2) is 22.4 Å². The van der Waals surface area contributed by atoms with Crippen LogP contribution >= 0.6 is 0 Å². The van der Waals surface area contributed by atoms with Crippen LogP contribution in [-0.4, -0.2) is 47.4 Å². The average molecular weight is 270 g/mol. The maximum Gasteiger partial charge on any atom is 0.411 e. The van der Waals surface area contributed by atoms with Gasteiger partial charge in [0, 0.05) is 31.2 Å². The Balaban J connectivity index is 0.000000342. The number of amides is 1. The van der Waals surface area contributed by atoms with E-state index in [9.17, 15) is 4.79 Å². The van der Waals surface area contributed by atoms with Crippen molar-refractivity contribution in [1.82, 2.24) is 4.90 Å². The molecule has 7 N–H and O–H groups in total. The summed E-state index contributed by atoms with van der Waals surface area (Å²) in [5, 5.41) is 8.35.